The molecule has 3 rings (SSSR count). The van der Waals surface area contributed by atoms with Crippen molar-refractivity contribution in [3.05, 3.63) is 47.1 Å². The highest BCUT2D eigenvalue weighted by Crippen LogP contribution is 2.34. The number of ether oxygens (including phenoxy) is 1. The molecule has 1 aliphatic rings. The molecule has 0 saturated carbocycles. The highest BCUT2D eigenvalue weighted by Gasteiger charge is 2.28. The van der Waals surface area contributed by atoms with E-state index in [0.29, 0.717) is 16.4 Å². The molecule has 0 bridgehead atoms. The highest BCUT2D eigenvalue weighted by molar-refractivity contribution is 7.80. The summed E-state index contributed by atoms with van der Waals surface area (Å²) < 4.78 is 27.9. The Kier molecular flexibility index (Phi) is 5.45. The van der Waals surface area contributed by atoms with Crippen LogP contribution >= 0.6 is 11.6 Å². The molecule has 2 heterocycles. The lowest BCUT2D eigenvalue weighted by atomic mass is 10.0. The van der Waals surface area contributed by atoms with Gasteiger partial charge < -0.3 is 10.1 Å². The molecule has 2 unspecified atom stereocenters. The van der Waals surface area contributed by atoms with Gasteiger partial charge in [0, 0.05) is 5.02 Å². The molecule has 2 N–H and O–H groups in total. The second-order valence-electron chi connectivity index (χ2n) is 6.03. The van der Waals surface area contributed by atoms with Gasteiger partial charge in [-0.25, -0.2) is 9.19 Å². The predicted molar refractivity (Wildman–Crippen MR) is 101 cm³/mol. The largest absolute Gasteiger partial charge is 0.471 e. The van der Waals surface area contributed by atoms with Crippen LogP contribution in [0.25, 0.3) is 0 Å². The third-order valence-electron chi connectivity index (χ3n) is 4.06. The fourth-order valence-corrected chi connectivity index (χ4v) is 3.40. The van der Waals surface area contributed by atoms with Crippen LogP contribution < -0.4 is 14.4 Å². The Morgan fingerprint density at radius 2 is 2.15 bits per heavy atom. The number of hydrogen-bond acceptors (Lipinski definition) is 4. The number of amides is 1. The predicted octanol–water partition coefficient (Wildman–Crippen LogP) is 3.20. The number of aromatic nitrogens is 1. The number of fused-ring (bicyclic) bond motifs is 1. The van der Waals surface area contributed by atoms with Crippen molar-refractivity contribution in [2.24, 2.45) is 0 Å². The summed E-state index contributed by atoms with van der Waals surface area (Å²) >= 11 is 3.66. The molecule has 0 spiro atoms. The molecular formula is C17H18ClN3O4S. The molecule has 1 aromatic heterocycles. The average molecular weight is 396 g/mol. The maximum Gasteiger partial charge on any atom is 0.262 e. The Hall–Kier alpha value is -2.16. The number of benzene rings is 1. The minimum atomic E-state index is -2.21. The lowest BCUT2D eigenvalue weighted by Gasteiger charge is -2.31. The molecule has 138 valence electrons. The molecule has 1 amide bonds. The third-order valence-corrected chi connectivity index (χ3v) is 5.03. The normalized spacial score (nSPS) is 18.5. The van der Waals surface area contributed by atoms with Gasteiger partial charge in [0.2, 0.25) is 11.8 Å². The first kappa shape index (κ1) is 18.6. The van der Waals surface area contributed by atoms with Gasteiger partial charge in [0.05, 0.1) is 24.3 Å². The lowest BCUT2D eigenvalue weighted by Crippen LogP contribution is -2.39. The van der Waals surface area contributed by atoms with E-state index in [9.17, 15) is 13.6 Å². The Morgan fingerprint density at radius 3 is 2.81 bits per heavy atom. The van der Waals surface area contributed by atoms with Crippen LogP contribution in [0.15, 0.2) is 36.5 Å². The van der Waals surface area contributed by atoms with Gasteiger partial charge in [0.25, 0.3) is 11.3 Å². The third kappa shape index (κ3) is 3.98. The van der Waals surface area contributed by atoms with E-state index >= 15 is 0 Å². The summed E-state index contributed by atoms with van der Waals surface area (Å²) in [7, 11) is 0. The van der Waals surface area contributed by atoms with Gasteiger partial charge >= 0.3 is 0 Å². The van der Waals surface area contributed by atoms with Gasteiger partial charge in [-0.15, -0.1) is 0 Å². The quantitative estimate of drug-likeness (QED) is 0.775. The van der Waals surface area contributed by atoms with Crippen molar-refractivity contribution in [1.82, 2.24) is 4.98 Å². The number of anilines is 2. The molecule has 0 fully saturated rings. The molecule has 3 atom stereocenters. The molecule has 1 aliphatic heterocycles. The van der Waals surface area contributed by atoms with Gasteiger partial charge in [-0.05, 0) is 37.6 Å². The number of carbonyl (C=O) groups is 1. The van der Waals surface area contributed by atoms with Crippen LogP contribution in [0.1, 0.15) is 25.3 Å². The minimum Gasteiger partial charge on any atom is -0.471 e. The number of hydrogen-bond donors (Lipinski definition) is 2. The van der Waals surface area contributed by atoms with Gasteiger partial charge in [0.1, 0.15) is 11.8 Å². The molecule has 0 radical (unpaired) electrons. The zero-order chi connectivity index (χ0) is 18.8. The SMILES string of the molecule is CC(C(=O)Nc1cnc2c(c1)N(S(=O)O)C[C@H](C)O2)c1ccc(Cl)cc1. The van der Waals surface area contributed by atoms with E-state index in [1.807, 2.05) is 0 Å². The monoisotopic (exact) mass is 395 g/mol. The number of rotatable bonds is 4. The van der Waals surface area contributed by atoms with Crippen molar-refractivity contribution in [2.45, 2.75) is 25.9 Å². The average Bonchev–Trinajstić information content (AvgIpc) is 2.61. The Morgan fingerprint density at radius 1 is 1.46 bits per heavy atom. The number of nitrogens with one attached hydrogen (secondary N) is 1. The smallest absolute Gasteiger partial charge is 0.262 e. The molecule has 1 aromatic carbocycles. The van der Waals surface area contributed by atoms with Crippen molar-refractivity contribution in [3.63, 3.8) is 0 Å². The first-order valence-corrected chi connectivity index (χ1v) is 9.41. The van der Waals surface area contributed by atoms with Crippen LogP contribution in [0.4, 0.5) is 11.4 Å². The van der Waals surface area contributed by atoms with Crippen molar-refractivity contribution in [2.75, 3.05) is 16.2 Å². The highest BCUT2D eigenvalue weighted by atomic mass is 35.5. The van der Waals surface area contributed by atoms with Gasteiger partial charge in [-0.3, -0.25) is 13.7 Å². The number of pyridine rings is 1. The molecule has 0 aliphatic carbocycles. The van der Waals surface area contributed by atoms with E-state index < -0.39 is 17.2 Å². The van der Waals surface area contributed by atoms with Crippen LogP contribution in [0.5, 0.6) is 5.88 Å². The fourth-order valence-electron chi connectivity index (χ4n) is 2.64. The Balaban J connectivity index is 1.80. The molecular weight excluding hydrogens is 378 g/mol. The van der Waals surface area contributed by atoms with Crippen LogP contribution in [-0.4, -0.2) is 32.3 Å². The van der Waals surface area contributed by atoms with Crippen molar-refractivity contribution >= 4 is 40.1 Å². The second kappa shape index (κ2) is 7.61. The first-order chi connectivity index (χ1) is 12.3. The summed E-state index contributed by atoms with van der Waals surface area (Å²) in [4.78, 5) is 16.7. The Bertz CT molecular complexity index is 846. The van der Waals surface area contributed by atoms with Crippen molar-refractivity contribution < 1.29 is 18.3 Å². The van der Waals surface area contributed by atoms with E-state index in [-0.39, 0.29) is 24.4 Å². The maximum absolute atomic E-state index is 12.5. The molecule has 7 nitrogen and oxygen atoms in total. The number of nitrogens with zero attached hydrogens (tertiary/aromatic N) is 2. The zero-order valence-electron chi connectivity index (χ0n) is 14.2. The van der Waals surface area contributed by atoms with E-state index in [4.69, 9.17) is 16.3 Å². The maximum atomic E-state index is 12.5. The van der Waals surface area contributed by atoms with Gasteiger partial charge in [-0.1, -0.05) is 23.7 Å². The van der Waals surface area contributed by atoms with E-state index in [1.54, 1.807) is 44.2 Å². The molecule has 0 saturated heterocycles. The first-order valence-electron chi connectivity index (χ1n) is 7.96. The number of carbonyl (C=O) groups excluding carboxylic acids is 1. The fraction of sp³-hybridized carbons (Fsp3) is 0.294. The summed E-state index contributed by atoms with van der Waals surface area (Å²) in [5, 5.41) is 3.38. The number of halogens is 1. The van der Waals surface area contributed by atoms with E-state index in [2.05, 4.69) is 10.3 Å². The minimum absolute atomic E-state index is 0.226. The standard InChI is InChI=1S/C17H18ClN3O4S/c1-10-9-21(26(23)24)15-7-14(8-19-17(15)25-10)20-16(22)11(2)12-3-5-13(18)6-4-12/h3-8,10-11H,9H2,1-2H3,(H,20,22)(H,23,24)/t10-,11?/m0/s1. The topological polar surface area (TPSA) is 91.8 Å². The summed E-state index contributed by atoms with van der Waals surface area (Å²) in [6.45, 7) is 3.81. The van der Waals surface area contributed by atoms with Crippen LogP contribution in [0.3, 0.4) is 0 Å². The molecule has 2 aromatic rings. The summed E-state index contributed by atoms with van der Waals surface area (Å²) in [6.07, 6.45) is 1.19. The Labute approximate surface area is 158 Å². The van der Waals surface area contributed by atoms with Crippen LogP contribution in [-0.2, 0) is 16.1 Å². The second-order valence-corrected chi connectivity index (χ2v) is 7.37. The van der Waals surface area contributed by atoms with Gasteiger partial charge in [-0.2, -0.15) is 0 Å². The molecule has 9 heteroatoms. The van der Waals surface area contributed by atoms with Crippen molar-refractivity contribution in [3.8, 4) is 5.88 Å². The van der Waals surface area contributed by atoms with E-state index in [1.165, 1.54) is 10.5 Å². The summed E-state index contributed by atoms with van der Waals surface area (Å²) in [5.74, 6) is -0.367. The van der Waals surface area contributed by atoms with Crippen LogP contribution in [0.2, 0.25) is 5.02 Å². The zero-order valence-corrected chi connectivity index (χ0v) is 15.8. The lowest BCUT2D eigenvalue weighted by molar-refractivity contribution is -0.117. The molecule has 26 heavy (non-hydrogen) atoms. The van der Waals surface area contributed by atoms with Crippen LogP contribution in [0, 0.1) is 0 Å². The van der Waals surface area contributed by atoms with Crippen molar-refractivity contribution in [1.29, 1.82) is 0 Å². The van der Waals surface area contributed by atoms with Gasteiger partial charge in [0.15, 0.2) is 0 Å². The summed E-state index contributed by atoms with van der Waals surface area (Å²) in [5.41, 5.74) is 1.61. The summed E-state index contributed by atoms with van der Waals surface area (Å²) in [6, 6.07) is 8.63. The van der Waals surface area contributed by atoms with E-state index in [0.717, 1.165) is 5.56 Å².